The van der Waals surface area contributed by atoms with Crippen molar-refractivity contribution in [2.75, 3.05) is 50.6 Å². The van der Waals surface area contributed by atoms with Gasteiger partial charge < -0.3 is 19.8 Å². The number of nitrogens with one attached hydrogen (secondary N) is 1. The Morgan fingerprint density at radius 1 is 1.28 bits per heavy atom. The summed E-state index contributed by atoms with van der Waals surface area (Å²) in [6.07, 6.45) is 6.30. The standard InChI is InChI=1S/C25H33N5O2/c1-18-9-13-30(14-10-18)22-17-19(25(29(3)4)11-15-32-16-12-25)5-6-20(22)28-24(31)21-7-8-23(26-2)27-21/h5-6,8,17-18H,7,9-16H2,1,3-4H3,(H,28,31). The summed E-state index contributed by atoms with van der Waals surface area (Å²) in [5.41, 5.74) is 3.49. The Bertz CT molecular complexity index is 961. The van der Waals surface area contributed by atoms with Gasteiger partial charge in [0.2, 0.25) is 0 Å². The van der Waals surface area contributed by atoms with Gasteiger partial charge in [-0.25, -0.2) is 0 Å². The van der Waals surface area contributed by atoms with E-state index in [2.05, 4.69) is 58.1 Å². The molecule has 2 fully saturated rings. The largest absolute Gasteiger partial charge is 0.381 e. The molecule has 32 heavy (non-hydrogen) atoms. The summed E-state index contributed by atoms with van der Waals surface area (Å²) in [5, 5.41) is 3.09. The van der Waals surface area contributed by atoms with Crippen molar-refractivity contribution < 1.29 is 9.53 Å². The highest BCUT2D eigenvalue weighted by molar-refractivity contribution is 6.44. The van der Waals surface area contributed by atoms with Crippen LogP contribution in [0, 0.1) is 12.5 Å². The summed E-state index contributed by atoms with van der Waals surface area (Å²) in [7, 11) is 4.28. The number of aliphatic imine (C=N–C) groups is 1. The van der Waals surface area contributed by atoms with Crippen molar-refractivity contribution in [3.8, 4) is 0 Å². The summed E-state index contributed by atoms with van der Waals surface area (Å²) in [4.78, 5) is 25.1. The fourth-order valence-corrected chi connectivity index (χ4v) is 4.97. The highest BCUT2D eigenvalue weighted by atomic mass is 16.5. The van der Waals surface area contributed by atoms with E-state index in [9.17, 15) is 4.79 Å². The van der Waals surface area contributed by atoms with Crippen molar-refractivity contribution in [1.82, 2.24) is 4.90 Å². The fourth-order valence-electron chi connectivity index (χ4n) is 4.97. The summed E-state index contributed by atoms with van der Waals surface area (Å²) < 4.78 is 5.67. The van der Waals surface area contributed by atoms with Gasteiger partial charge in [0.1, 0.15) is 0 Å². The molecule has 7 heteroatoms. The van der Waals surface area contributed by atoms with Crippen molar-refractivity contribution in [3.63, 3.8) is 0 Å². The van der Waals surface area contributed by atoms with E-state index in [1.807, 2.05) is 6.07 Å². The third-order valence-corrected chi connectivity index (χ3v) is 7.19. The lowest BCUT2D eigenvalue weighted by Crippen LogP contribution is -2.46. The van der Waals surface area contributed by atoms with Gasteiger partial charge in [-0.15, -0.1) is 4.99 Å². The summed E-state index contributed by atoms with van der Waals surface area (Å²) in [5.74, 6) is 0.790. The number of anilines is 2. The topological polar surface area (TPSA) is 61.5 Å². The quantitative estimate of drug-likeness (QED) is 0.710. The van der Waals surface area contributed by atoms with Gasteiger partial charge in [0.05, 0.1) is 11.4 Å². The number of carbonyl (C=O) groups is 1. The molecule has 4 rings (SSSR count). The van der Waals surface area contributed by atoms with Crippen LogP contribution in [0.2, 0.25) is 0 Å². The predicted octanol–water partition coefficient (Wildman–Crippen LogP) is 4.03. The summed E-state index contributed by atoms with van der Waals surface area (Å²) in [6, 6.07) is 6.46. The minimum Gasteiger partial charge on any atom is -0.381 e. The van der Waals surface area contributed by atoms with E-state index in [0.29, 0.717) is 18.0 Å². The van der Waals surface area contributed by atoms with Gasteiger partial charge in [-0.1, -0.05) is 25.6 Å². The number of hydrogen-bond donors (Lipinski definition) is 1. The molecule has 1 aromatic rings. The second-order valence-corrected chi connectivity index (χ2v) is 9.33. The van der Waals surface area contributed by atoms with Gasteiger partial charge in [-0.05, 0) is 63.4 Å². The van der Waals surface area contributed by atoms with Gasteiger partial charge in [0.15, 0.2) is 5.71 Å². The first-order chi connectivity index (χ1) is 15.4. The van der Waals surface area contributed by atoms with E-state index in [-0.39, 0.29) is 11.4 Å². The smallest absolute Gasteiger partial charge is 0.294 e. The number of nitrogens with zero attached hydrogens (tertiary/aromatic N) is 4. The van der Waals surface area contributed by atoms with Gasteiger partial charge in [0, 0.05) is 38.3 Å². The Morgan fingerprint density at radius 3 is 2.62 bits per heavy atom. The van der Waals surface area contributed by atoms with Crippen LogP contribution < -0.4 is 10.2 Å². The maximum atomic E-state index is 12.9. The molecular formula is C25H33N5O2. The maximum absolute atomic E-state index is 12.9. The van der Waals surface area contributed by atoms with Gasteiger partial charge in [-0.3, -0.25) is 9.69 Å². The molecule has 1 amide bonds. The van der Waals surface area contributed by atoms with Crippen LogP contribution in [-0.4, -0.2) is 56.9 Å². The van der Waals surface area contributed by atoms with Crippen molar-refractivity contribution >= 4 is 23.0 Å². The van der Waals surface area contributed by atoms with Crippen LogP contribution in [0.1, 0.15) is 44.6 Å². The molecule has 1 N–H and O–H groups in total. The number of rotatable bonds is 5. The number of amides is 1. The zero-order valence-corrected chi connectivity index (χ0v) is 19.4. The third kappa shape index (κ3) is 4.43. The molecule has 1 aromatic carbocycles. The molecule has 3 heterocycles. The molecule has 0 saturated carbocycles. The van der Waals surface area contributed by atoms with E-state index in [1.54, 1.807) is 6.08 Å². The SMILES string of the molecule is [C-]#[N+]C1=CCC(C(=O)Nc2ccc(C3(N(C)C)CCOCC3)cc2N2CCC(C)CC2)=N1. The molecule has 0 atom stereocenters. The average Bonchev–Trinajstić information content (AvgIpc) is 3.30. The summed E-state index contributed by atoms with van der Waals surface area (Å²) in [6.45, 7) is 12.9. The molecule has 0 aromatic heterocycles. The molecule has 2 saturated heterocycles. The Hall–Kier alpha value is -2.69. The monoisotopic (exact) mass is 435 g/mol. The van der Waals surface area contributed by atoms with Crippen molar-refractivity contribution in [2.45, 2.75) is 44.6 Å². The Labute approximate surface area is 191 Å². The number of hydrogen-bond acceptors (Lipinski definition) is 5. The van der Waals surface area contributed by atoms with Crippen LogP contribution in [-0.2, 0) is 15.1 Å². The molecule has 0 aliphatic carbocycles. The van der Waals surface area contributed by atoms with E-state index >= 15 is 0 Å². The first-order valence-corrected chi connectivity index (χ1v) is 11.5. The zero-order chi connectivity index (χ0) is 22.7. The van der Waals surface area contributed by atoms with E-state index in [0.717, 1.165) is 69.3 Å². The minimum atomic E-state index is -0.229. The van der Waals surface area contributed by atoms with Crippen LogP contribution in [0.25, 0.3) is 4.85 Å². The third-order valence-electron chi connectivity index (χ3n) is 7.19. The van der Waals surface area contributed by atoms with Crippen molar-refractivity contribution in [2.24, 2.45) is 10.9 Å². The molecule has 0 spiro atoms. The second-order valence-electron chi connectivity index (χ2n) is 9.33. The Morgan fingerprint density at radius 2 is 2.00 bits per heavy atom. The normalized spacial score (nSPS) is 21.2. The molecule has 0 unspecified atom stereocenters. The number of carbonyl (C=O) groups excluding carboxylic acids is 1. The molecule has 170 valence electrons. The maximum Gasteiger partial charge on any atom is 0.294 e. The highest BCUT2D eigenvalue weighted by Crippen LogP contribution is 2.41. The Kier molecular flexibility index (Phi) is 6.63. The molecule has 3 aliphatic rings. The molecule has 3 aliphatic heterocycles. The number of benzene rings is 1. The van der Waals surface area contributed by atoms with Crippen LogP contribution in [0.5, 0.6) is 0 Å². The Balaban J connectivity index is 1.67. The van der Waals surface area contributed by atoms with E-state index in [1.165, 1.54) is 5.56 Å². The van der Waals surface area contributed by atoms with Crippen molar-refractivity contribution in [3.05, 3.63) is 47.1 Å². The van der Waals surface area contributed by atoms with Crippen molar-refractivity contribution in [1.29, 1.82) is 0 Å². The molecule has 0 bridgehead atoms. The van der Waals surface area contributed by atoms with Crippen LogP contribution >= 0.6 is 0 Å². The predicted molar refractivity (Wildman–Crippen MR) is 128 cm³/mol. The van der Waals surface area contributed by atoms with Crippen LogP contribution in [0.15, 0.2) is 35.1 Å². The van der Waals surface area contributed by atoms with Crippen LogP contribution in [0.4, 0.5) is 11.4 Å². The van der Waals surface area contributed by atoms with Gasteiger partial charge in [0.25, 0.3) is 11.7 Å². The molecule has 0 radical (unpaired) electrons. The fraction of sp³-hybridized carbons (Fsp3) is 0.560. The first-order valence-electron chi connectivity index (χ1n) is 11.5. The van der Waals surface area contributed by atoms with Crippen LogP contribution in [0.3, 0.4) is 0 Å². The van der Waals surface area contributed by atoms with Gasteiger partial charge in [-0.2, -0.15) is 0 Å². The number of piperidine rings is 1. The summed E-state index contributed by atoms with van der Waals surface area (Å²) >= 11 is 0. The zero-order valence-electron chi connectivity index (χ0n) is 19.4. The van der Waals surface area contributed by atoms with E-state index < -0.39 is 0 Å². The average molecular weight is 436 g/mol. The lowest BCUT2D eigenvalue weighted by molar-refractivity contribution is -0.110. The second kappa shape index (κ2) is 9.43. The highest BCUT2D eigenvalue weighted by Gasteiger charge is 2.37. The lowest BCUT2D eigenvalue weighted by atomic mass is 9.81. The molecular weight excluding hydrogens is 402 g/mol. The number of ether oxygens (including phenoxy) is 1. The minimum absolute atomic E-state index is 0.0669. The lowest BCUT2D eigenvalue weighted by Gasteiger charge is -2.44. The number of allylic oxidation sites excluding steroid dienone is 1. The van der Waals surface area contributed by atoms with Gasteiger partial charge >= 0.3 is 0 Å². The molecule has 7 nitrogen and oxygen atoms in total. The van der Waals surface area contributed by atoms with E-state index in [4.69, 9.17) is 11.3 Å². The first kappa shape index (κ1) is 22.5.